The van der Waals surface area contributed by atoms with Gasteiger partial charge in [-0.3, -0.25) is 0 Å². The Kier molecular flexibility index (Phi) is 3.49. The lowest BCUT2D eigenvalue weighted by molar-refractivity contribution is 0.0692. The molecule has 2 rings (SSSR count). The molecule has 0 saturated heterocycles. The molecular weight excluding hydrogens is 272 g/mol. The minimum Gasteiger partial charge on any atom is -0.478 e. The van der Waals surface area contributed by atoms with Gasteiger partial charge in [0.25, 0.3) is 0 Å². The monoisotopic (exact) mass is 284 g/mol. The van der Waals surface area contributed by atoms with Crippen molar-refractivity contribution in [2.75, 3.05) is 11.5 Å². The molecule has 4 nitrogen and oxygen atoms in total. The van der Waals surface area contributed by atoms with Gasteiger partial charge in [-0.15, -0.1) is 0 Å². The predicted molar refractivity (Wildman–Crippen MR) is 71.6 cm³/mol. The Morgan fingerprint density at radius 3 is 2.72 bits per heavy atom. The molecule has 18 heavy (non-hydrogen) atoms. The molecule has 1 aliphatic rings. The van der Waals surface area contributed by atoms with Crippen LogP contribution in [0.4, 0.5) is 0 Å². The van der Waals surface area contributed by atoms with Gasteiger partial charge in [-0.05, 0) is 23.0 Å². The van der Waals surface area contributed by atoms with Crippen LogP contribution in [0.25, 0.3) is 5.57 Å². The number of hydrogen-bond donors (Lipinski definition) is 1. The van der Waals surface area contributed by atoms with Crippen molar-refractivity contribution >= 4 is 33.1 Å². The summed E-state index contributed by atoms with van der Waals surface area (Å²) in [4.78, 5) is 11.0. The number of carboxylic acids is 1. The minimum atomic E-state index is -3.62. The van der Waals surface area contributed by atoms with Gasteiger partial charge in [0, 0.05) is 11.2 Å². The zero-order valence-electron chi connectivity index (χ0n) is 9.71. The number of thioether (sulfide) groups is 1. The van der Waals surface area contributed by atoms with Crippen LogP contribution in [0.15, 0.2) is 28.5 Å². The van der Waals surface area contributed by atoms with Crippen LogP contribution in [-0.4, -0.2) is 31.0 Å². The first-order valence-corrected chi connectivity index (χ1v) is 8.07. The van der Waals surface area contributed by atoms with Gasteiger partial charge in [0.1, 0.15) is 0 Å². The van der Waals surface area contributed by atoms with E-state index < -0.39 is 15.8 Å². The highest BCUT2D eigenvalue weighted by Gasteiger charge is 2.31. The first-order chi connectivity index (χ1) is 8.47. The van der Waals surface area contributed by atoms with E-state index in [-0.39, 0.29) is 10.5 Å². The van der Waals surface area contributed by atoms with Crippen LogP contribution in [0.5, 0.6) is 0 Å². The molecule has 0 bridgehead atoms. The number of fused-ring (bicyclic) bond motifs is 1. The lowest BCUT2D eigenvalue weighted by atomic mass is 10.1. The maximum atomic E-state index is 12.0. The largest absolute Gasteiger partial charge is 0.478 e. The van der Waals surface area contributed by atoms with Crippen molar-refractivity contribution in [1.29, 1.82) is 0 Å². The van der Waals surface area contributed by atoms with E-state index in [1.54, 1.807) is 23.9 Å². The van der Waals surface area contributed by atoms with E-state index in [9.17, 15) is 13.2 Å². The van der Waals surface area contributed by atoms with Crippen LogP contribution in [0.3, 0.4) is 0 Å². The van der Waals surface area contributed by atoms with Crippen molar-refractivity contribution in [3.63, 3.8) is 0 Å². The molecule has 6 heteroatoms. The second-order valence-corrected chi connectivity index (χ2v) is 6.82. The molecule has 1 heterocycles. The highest BCUT2D eigenvalue weighted by atomic mass is 32.2. The number of sulfone groups is 1. The van der Waals surface area contributed by atoms with Gasteiger partial charge >= 0.3 is 5.97 Å². The molecule has 0 aliphatic carbocycles. The number of carboxylic acid groups (broad SMARTS) is 1. The van der Waals surface area contributed by atoms with Crippen molar-refractivity contribution in [3.8, 4) is 0 Å². The van der Waals surface area contributed by atoms with Crippen LogP contribution in [0, 0.1) is 0 Å². The molecule has 0 amide bonds. The number of hydrogen-bond acceptors (Lipinski definition) is 4. The summed E-state index contributed by atoms with van der Waals surface area (Å²) in [6, 6.07) is 4.56. The van der Waals surface area contributed by atoms with Gasteiger partial charge in [0.15, 0.2) is 0 Å². The van der Waals surface area contributed by atoms with Gasteiger partial charge in [0.05, 0.1) is 10.5 Å². The Labute approximate surface area is 110 Å². The summed E-state index contributed by atoms with van der Waals surface area (Å²) in [7, 11) is -3.62. The summed E-state index contributed by atoms with van der Waals surface area (Å²) in [5.41, 5.74) is 1.05. The lowest BCUT2D eigenvalue weighted by Gasteiger charge is -2.05. The van der Waals surface area contributed by atoms with Crippen LogP contribution in [-0.2, 0) is 9.84 Å². The average molecular weight is 284 g/mol. The van der Waals surface area contributed by atoms with Crippen LogP contribution in [0.1, 0.15) is 22.8 Å². The average Bonchev–Trinajstić information content (AvgIpc) is 2.58. The lowest BCUT2D eigenvalue weighted by Crippen LogP contribution is -2.06. The first kappa shape index (κ1) is 13.2. The molecule has 1 aromatic carbocycles. The van der Waals surface area contributed by atoms with Crippen LogP contribution < -0.4 is 0 Å². The molecule has 0 aromatic heterocycles. The highest BCUT2D eigenvalue weighted by Crippen LogP contribution is 2.37. The summed E-state index contributed by atoms with van der Waals surface area (Å²) in [5.74, 6) is 0.241. The molecule has 1 aromatic rings. The third-order valence-corrected chi connectivity index (χ3v) is 5.16. The molecule has 0 unspecified atom stereocenters. The first-order valence-electron chi connectivity index (χ1n) is 5.37. The Morgan fingerprint density at radius 2 is 2.11 bits per heavy atom. The number of benzene rings is 1. The summed E-state index contributed by atoms with van der Waals surface area (Å²) >= 11 is 1.60. The Morgan fingerprint density at radius 1 is 1.39 bits per heavy atom. The quantitative estimate of drug-likeness (QED) is 0.918. The van der Waals surface area contributed by atoms with E-state index in [0.717, 1.165) is 5.75 Å². The Bertz CT molecular complexity index is 629. The van der Waals surface area contributed by atoms with Crippen LogP contribution >= 0.6 is 11.8 Å². The van der Waals surface area contributed by atoms with Crippen LogP contribution in [0.2, 0.25) is 0 Å². The SMILES string of the molecule is CCSCC1=CS(=O)(=O)c2c(C(=O)O)cccc21. The zero-order chi connectivity index (χ0) is 13.3. The summed E-state index contributed by atoms with van der Waals surface area (Å²) in [5, 5.41) is 10.2. The third kappa shape index (κ3) is 2.18. The topological polar surface area (TPSA) is 71.4 Å². The maximum absolute atomic E-state index is 12.0. The maximum Gasteiger partial charge on any atom is 0.337 e. The van der Waals surface area contributed by atoms with Crippen molar-refractivity contribution < 1.29 is 18.3 Å². The van der Waals surface area contributed by atoms with Gasteiger partial charge in [-0.1, -0.05) is 19.1 Å². The van der Waals surface area contributed by atoms with Gasteiger partial charge in [-0.2, -0.15) is 11.8 Å². The van der Waals surface area contributed by atoms with E-state index in [1.165, 1.54) is 11.5 Å². The fourth-order valence-corrected chi connectivity index (χ4v) is 4.34. The smallest absolute Gasteiger partial charge is 0.337 e. The molecule has 0 spiro atoms. The van der Waals surface area contributed by atoms with Crippen molar-refractivity contribution in [3.05, 3.63) is 34.7 Å². The Hall–Kier alpha value is -1.27. The summed E-state index contributed by atoms with van der Waals surface area (Å²) in [6.07, 6.45) is 0. The standard InChI is InChI=1S/C12H12O4S2/c1-2-17-6-8-7-18(15,16)11-9(8)4-3-5-10(11)12(13)14/h3-5,7H,2,6H2,1H3,(H,13,14). The van der Waals surface area contributed by atoms with E-state index in [1.807, 2.05) is 6.92 Å². The molecule has 0 atom stereocenters. The molecule has 0 fully saturated rings. The summed E-state index contributed by atoms with van der Waals surface area (Å²) in [6.45, 7) is 1.99. The van der Waals surface area contributed by atoms with E-state index >= 15 is 0 Å². The van der Waals surface area contributed by atoms with Crippen molar-refractivity contribution in [1.82, 2.24) is 0 Å². The van der Waals surface area contributed by atoms with Gasteiger partial charge < -0.3 is 5.11 Å². The molecule has 96 valence electrons. The molecule has 1 N–H and O–H groups in total. The molecule has 0 saturated carbocycles. The highest BCUT2D eigenvalue weighted by molar-refractivity contribution is 8.00. The third-order valence-electron chi connectivity index (χ3n) is 2.64. The Balaban J connectivity index is 2.59. The fourth-order valence-electron chi connectivity index (χ4n) is 1.90. The van der Waals surface area contributed by atoms with E-state index in [2.05, 4.69) is 0 Å². The van der Waals surface area contributed by atoms with Gasteiger partial charge in [0.2, 0.25) is 9.84 Å². The van der Waals surface area contributed by atoms with E-state index in [0.29, 0.717) is 16.9 Å². The molecular formula is C12H12O4S2. The minimum absolute atomic E-state index is 0.0656. The van der Waals surface area contributed by atoms with Gasteiger partial charge in [-0.25, -0.2) is 13.2 Å². The molecule has 1 aliphatic heterocycles. The number of rotatable bonds is 4. The normalized spacial score (nSPS) is 16.2. The number of aromatic carboxylic acids is 1. The van der Waals surface area contributed by atoms with Crippen molar-refractivity contribution in [2.24, 2.45) is 0 Å². The zero-order valence-corrected chi connectivity index (χ0v) is 11.3. The second kappa shape index (κ2) is 4.78. The molecule has 0 radical (unpaired) electrons. The predicted octanol–water partition coefficient (Wildman–Crippen LogP) is 2.27. The van der Waals surface area contributed by atoms with E-state index in [4.69, 9.17) is 5.11 Å². The van der Waals surface area contributed by atoms with Crippen molar-refractivity contribution in [2.45, 2.75) is 11.8 Å². The second-order valence-electron chi connectivity index (χ2n) is 3.81. The summed E-state index contributed by atoms with van der Waals surface area (Å²) < 4.78 is 24.0. The fraction of sp³-hybridized carbons (Fsp3) is 0.250. The number of carbonyl (C=O) groups is 1.